The molecule has 1 aliphatic heterocycles. The van der Waals surface area contributed by atoms with E-state index in [1.165, 1.54) is 0 Å². The molecule has 2 rings (SSSR count). The minimum atomic E-state index is -0.573. The van der Waals surface area contributed by atoms with Gasteiger partial charge in [0.15, 0.2) is 5.82 Å². The van der Waals surface area contributed by atoms with Gasteiger partial charge in [0.05, 0.1) is 16.7 Å². The van der Waals surface area contributed by atoms with Gasteiger partial charge in [0.2, 0.25) is 0 Å². The summed E-state index contributed by atoms with van der Waals surface area (Å²) in [6.07, 6.45) is 1.04. The highest BCUT2D eigenvalue weighted by Crippen LogP contribution is 2.29. The molecule has 5 heteroatoms. The van der Waals surface area contributed by atoms with Crippen LogP contribution in [0.15, 0.2) is 12.1 Å². The lowest BCUT2D eigenvalue weighted by atomic mass is 10.0. The maximum absolute atomic E-state index is 13.2. The van der Waals surface area contributed by atoms with E-state index in [9.17, 15) is 4.39 Å². The third kappa shape index (κ3) is 3.03. The third-order valence-corrected chi connectivity index (χ3v) is 3.60. The molecule has 94 valence electrons. The summed E-state index contributed by atoms with van der Waals surface area (Å²) >= 11 is 11.5. The van der Waals surface area contributed by atoms with Crippen LogP contribution in [0.3, 0.4) is 0 Å². The predicted molar refractivity (Wildman–Crippen MR) is 68.4 cm³/mol. The molecule has 0 radical (unpaired) electrons. The highest BCUT2D eigenvalue weighted by atomic mass is 35.5. The molecule has 2 unspecified atom stereocenters. The van der Waals surface area contributed by atoms with E-state index in [0.29, 0.717) is 5.92 Å². The summed E-state index contributed by atoms with van der Waals surface area (Å²) in [5.41, 5.74) is 0.737. The maximum atomic E-state index is 13.2. The van der Waals surface area contributed by atoms with Crippen LogP contribution in [0.2, 0.25) is 10.0 Å². The van der Waals surface area contributed by atoms with Crippen molar-refractivity contribution < 1.29 is 9.13 Å². The first-order valence-electron chi connectivity index (χ1n) is 5.56. The van der Waals surface area contributed by atoms with E-state index in [-0.39, 0.29) is 16.1 Å². The van der Waals surface area contributed by atoms with E-state index < -0.39 is 5.82 Å². The molecule has 1 saturated heterocycles. The molecule has 2 nitrogen and oxygen atoms in total. The van der Waals surface area contributed by atoms with Crippen molar-refractivity contribution in [1.82, 2.24) is 0 Å². The van der Waals surface area contributed by atoms with Crippen LogP contribution in [0, 0.1) is 11.7 Å². The van der Waals surface area contributed by atoms with Gasteiger partial charge in [0.1, 0.15) is 0 Å². The number of halogens is 3. The average molecular weight is 278 g/mol. The topological polar surface area (TPSA) is 21.3 Å². The van der Waals surface area contributed by atoms with Crippen molar-refractivity contribution in [1.29, 1.82) is 0 Å². The van der Waals surface area contributed by atoms with Crippen molar-refractivity contribution in [3.63, 3.8) is 0 Å². The van der Waals surface area contributed by atoms with E-state index in [1.54, 1.807) is 12.1 Å². The quantitative estimate of drug-likeness (QED) is 0.845. The fraction of sp³-hybridized carbons (Fsp3) is 0.500. The van der Waals surface area contributed by atoms with Gasteiger partial charge in [0, 0.05) is 24.3 Å². The number of hydrogen-bond acceptors (Lipinski definition) is 2. The Morgan fingerprint density at radius 2 is 2.06 bits per heavy atom. The fourth-order valence-corrected chi connectivity index (χ4v) is 2.45. The van der Waals surface area contributed by atoms with Crippen molar-refractivity contribution in [2.75, 3.05) is 18.5 Å². The van der Waals surface area contributed by atoms with Gasteiger partial charge in [0.25, 0.3) is 0 Å². The lowest BCUT2D eigenvalue weighted by molar-refractivity contribution is 0.183. The second-order valence-electron chi connectivity index (χ2n) is 4.31. The Morgan fingerprint density at radius 3 is 2.59 bits per heavy atom. The van der Waals surface area contributed by atoms with Crippen LogP contribution in [-0.4, -0.2) is 19.3 Å². The summed E-state index contributed by atoms with van der Waals surface area (Å²) in [5, 5.41) is 3.35. The van der Waals surface area contributed by atoms with Crippen molar-refractivity contribution in [3.05, 3.63) is 28.0 Å². The molecule has 1 aromatic carbocycles. The van der Waals surface area contributed by atoms with Crippen molar-refractivity contribution >= 4 is 28.9 Å². The average Bonchev–Trinajstić information content (AvgIpc) is 2.79. The Morgan fingerprint density at radius 1 is 1.41 bits per heavy atom. The van der Waals surface area contributed by atoms with Crippen molar-refractivity contribution in [2.45, 2.75) is 19.4 Å². The Bertz CT molecular complexity index is 384. The zero-order chi connectivity index (χ0) is 12.4. The molecule has 1 N–H and O–H groups in total. The monoisotopic (exact) mass is 277 g/mol. The van der Waals surface area contributed by atoms with Crippen LogP contribution < -0.4 is 5.32 Å². The summed E-state index contributed by atoms with van der Waals surface area (Å²) < 4.78 is 18.6. The highest BCUT2D eigenvalue weighted by molar-refractivity contribution is 6.35. The maximum Gasteiger partial charge on any atom is 0.160 e. The van der Waals surface area contributed by atoms with Crippen LogP contribution in [0.4, 0.5) is 10.1 Å². The van der Waals surface area contributed by atoms with E-state index in [0.717, 1.165) is 25.3 Å². The van der Waals surface area contributed by atoms with Gasteiger partial charge < -0.3 is 10.1 Å². The van der Waals surface area contributed by atoms with Crippen LogP contribution in [-0.2, 0) is 4.74 Å². The van der Waals surface area contributed by atoms with Gasteiger partial charge in [-0.3, -0.25) is 0 Å². The lowest BCUT2D eigenvalue weighted by Crippen LogP contribution is -2.26. The molecule has 0 aromatic heterocycles. The van der Waals surface area contributed by atoms with Gasteiger partial charge in [-0.25, -0.2) is 4.39 Å². The summed E-state index contributed by atoms with van der Waals surface area (Å²) in [5.74, 6) is -0.103. The minimum absolute atomic E-state index is 0.0369. The largest absolute Gasteiger partial charge is 0.382 e. The zero-order valence-corrected chi connectivity index (χ0v) is 11.0. The zero-order valence-electron chi connectivity index (χ0n) is 9.47. The summed E-state index contributed by atoms with van der Waals surface area (Å²) in [6, 6.07) is 3.35. The molecule has 1 aliphatic rings. The van der Waals surface area contributed by atoms with Gasteiger partial charge >= 0.3 is 0 Å². The van der Waals surface area contributed by atoms with Gasteiger partial charge in [-0.15, -0.1) is 0 Å². The predicted octanol–water partition coefficient (Wildman–Crippen LogP) is 3.97. The summed E-state index contributed by atoms with van der Waals surface area (Å²) in [4.78, 5) is 0. The van der Waals surface area contributed by atoms with Crippen LogP contribution >= 0.6 is 23.2 Å². The molecule has 17 heavy (non-hydrogen) atoms. The van der Waals surface area contributed by atoms with E-state index >= 15 is 0 Å². The standard InChI is InChI=1S/C12H14Cl2FNO/c1-7(8-2-3-17-6-8)16-9-4-10(13)12(15)11(14)5-9/h4-5,7-8,16H,2-3,6H2,1H3. The molecule has 0 spiro atoms. The van der Waals surface area contributed by atoms with E-state index in [1.807, 2.05) is 0 Å². The van der Waals surface area contributed by atoms with Crippen LogP contribution in [0.5, 0.6) is 0 Å². The molecule has 0 aliphatic carbocycles. The molecule has 1 heterocycles. The fourth-order valence-electron chi connectivity index (χ4n) is 1.97. The molecule has 2 atom stereocenters. The Kier molecular flexibility index (Phi) is 4.13. The normalized spacial score (nSPS) is 21.5. The number of hydrogen-bond donors (Lipinski definition) is 1. The molecule has 1 fully saturated rings. The number of benzene rings is 1. The number of rotatable bonds is 3. The van der Waals surface area contributed by atoms with E-state index in [2.05, 4.69) is 12.2 Å². The Hall–Kier alpha value is -0.510. The van der Waals surface area contributed by atoms with Gasteiger partial charge in [-0.05, 0) is 25.5 Å². The molecular weight excluding hydrogens is 264 g/mol. The molecule has 0 amide bonds. The lowest BCUT2D eigenvalue weighted by Gasteiger charge is -2.20. The van der Waals surface area contributed by atoms with Crippen LogP contribution in [0.1, 0.15) is 13.3 Å². The first kappa shape index (κ1) is 12.9. The van der Waals surface area contributed by atoms with Crippen molar-refractivity contribution in [3.8, 4) is 0 Å². The number of ether oxygens (including phenoxy) is 1. The molecule has 0 bridgehead atoms. The number of anilines is 1. The highest BCUT2D eigenvalue weighted by Gasteiger charge is 2.22. The summed E-state index contributed by atoms with van der Waals surface area (Å²) in [7, 11) is 0. The number of nitrogens with one attached hydrogen (secondary N) is 1. The minimum Gasteiger partial charge on any atom is -0.382 e. The smallest absolute Gasteiger partial charge is 0.160 e. The first-order chi connectivity index (χ1) is 8.08. The second kappa shape index (κ2) is 5.42. The molecule has 0 saturated carbocycles. The SMILES string of the molecule is CC(Nc1cc(Cl)c(F)c(Cl)c1)C1CCOC1. The molecule has 1 aromatic rings. The Labute approximate surface area is 110 Å². The van der Waals surface area contributed by atoms with Crippen LogP contribution in [0.25, 0.3) is 0 Å². The third-order valence-electron chi connectivity index (χ3n) is 3.05. The second-order valence-corrected chi connectivity index (χ2v) is 5.12. The van der Waals surface area contributed by atoms with Gasteiger partial charge in [-0.1, -0.05) is 23.2 Å². The van der Waals surface area contributed by atoms with Gasteiger partial charge in [-0.2, -0.15) is 0 Å². The van der Waals surface area contributed by atoms with Crippen molar-refractivity contribution in [2.24, 2.45) is 5.92 Å². The first-order valence-corrected chi connectivity index (χ1v) is 6.32. The Balaban J connectivity index is 2.07. The molecular formula is C12H14Cl2FNO. The van der Waals surface area contributed by atoms with E-state index in [4.69, 9.17) is 27.9 Å². The summed E-state index contributed by atoms with van der Waals surface area (Å²) in [6.45, 7) is 3.64.